The molecule has 3 nitrogen and oxygen atoms in total. The summed E-state index contributed by atoms with van der Waals surface area (Å²) in [4.78, 5) is 0. The van der Waals surface area contributed by atoms with Crippen LogP contribution in [0.4, 0.5) is 21.5 Å². The zero-order chi connectivity index (χ0) is 12.3. The molecule has 0 aliphatic heterocycles. The molecule has 0 radical (unpaired) electrons. The number of hydrogen-bond acceptors (Lipinski definition) is 3. The van der Waals surface area contributed by atoms with Crippen LogP contribution in [-0.2, 0) is 6.54 Å². The predicted octanol–water partition coefficient (Wildman–Crippen LogP) is 2.60. The first-order valence-electron chi connectivity index (χ1n) is 5.28. The third-order valence-corrected chi connectivity index (χ3v) is 2.45. The standard InChI is InChI=1S/C13H14FN3/c14-12-6-5-11(16)7-13(12)17-8-9-1-3-10(15)4-2-9/h1-7,17H,8,15-16H2. The molecule has 5 N–H and O–H groups in total. The summed E-state index contributed by atoms with van der Waals surface area (Å²) in [5.41, 5.74) is 13.9. The van der Waals surface area contributed by atoms with Crippen molar-refractivity contribution >= 4 is 17.1 Å². The first-order valence-corrected chi connectivity index (χ1v) is 5.28. The quantitative estimate of drug-likeness (QED) is 0.711. The van der Waals surface area contributed by atoms with E-state index in [4.69, 9.17) is 11.5 Å². The molecule has 2 aromatic rings. The fourth-order valence-corrected chi connectivity index (χ4v) is 1.51. The van der Waals surface area contributed by atoms with Gasteiger partial charge in [-0.3, -0.25) is 0 Å². The van der Waals surface area contributed by atoms with Gasteiger partial charge in [0.15, 0.2) is 0 Å². The summed E-state index contributed by atoms with van der Waals surface area (Å²) in [5.74, 6) is -0.311. The first kappa shape index (κ1) is 11.3. The van der Waals surface area contributed by atoms with Crippen molar-refractivity contribution in [1.82, 2.24) is 0 Å². The summed E-state index contributed by atoms with van der Waals surface area (Å²) in [6.45, 7) is 0.528. The van der Waals surface area contributed by atoms with Crippen LogP contribution in [0.15, 0.2) is 42.5 Å². The van der Waals surface area contributed by atoms with Gasteiger partial charge in [0.05, 0.1) is 5.69 Å². The molecule has 4 heteroatoms. The lowest BCUT2D eigenvalue weighted by Crippen LogP contribution is -2.02. The molecule has 0 unspecified atom stereocenters. The van der Waals surface area contributed by atoms with Gasteiger partial charge in [0.1, 0.15) is 5.82 Å². The second kappa shape index (κ2) is 4.74. The molecule has 0 amide bonds. The number of hydrogen-bond donors (Lipinski definition) is 3. The zero-order valence-corrected chi connectivity index (χ0v) is 9.28. The predicted molar refractivity (Wildman–Crippen MR) is 69.0 cm³/mol. The minimum Gasteiger partial charge on any atom is -0.399 e. The molecule has 2 aromatic carbocycles. The van der Waals surface area contributed by atoms with E-state index in [9.17, 15) is 4.39 Å². The lowest BCUT2D eigenvalue weighted by Gasteiger charge is -2.08. The van der Waals surface area contributed by atoms with Crippen LogP contribution in [-0.4, -0.2) is 0 Å². The summed E-state index contributed by atoms with van der Waals surface area (Å²) in [7, 11) is 0. The maximum Gasteiger partial charge on any atom is 0.146 e. The van der Waals surface area contributed by atoms with Crippen LogP contribution in [0.25, 0.3) is 0 Å². The van der Waals surface area contributed by atoms with Crippen LogP contribution >= 0.6 is 0 Å². The molecule has 0 saturated heterocycles. The molecule has 0 saturated carbocycles. The maximum atomic E-state index is 13.4. The number of nitrogen functional groups attached to an aromatic ring is 2. The van der Waals surface area contributed by atoms with E-state index in [2.05, 4.69) is 5.32 Å². The first-order chi connectivity index (χ1) is 8.15. The highest BCUT2D eigenvalue weighted by atomic mass is 19.1. The minimum absolute atomic E-state index is 0.311. The van der Waals surface area contributed by atoms with E-state index >= 15 is 0 Å². The third-order valence-electron chi connectivity index (χ3n) is 2.45. The Morgan fingerprint density at radius 3 is 2.29 bits per heavy atom. The summed E-state index contributed by atoms with van der Waals surface area (Å²) >= 11 is 0. The van der Waals surface area contributed by atoms with E-state index in [0.29, 0.717) is 23.6 Å². The fraction of sp³-hybridized carbons (Fsp3) is 0.0769. The van der Waals surface area contributed by atoms with Gasteiger partial charge < -0.3 is 16.8 Å². The van der Waals surface area contributed by atoms with E-state index < -0.39 is 0 Å². The average molecular weight is 231 g/mol. The van der Waals surface area contributed by atoms with Crippen LogP contribution in [0, 0.1) is 5.82 Å². The van der Waals surface area contributed by atoms with E-state index in [-0.39, 0.29) is 5.82 Å². The Bertz CT molecular complexity index is 509. The van der Waals surface area contributed by atoms with Crippen molar-refractivity contribution in [2.75, 3.05) is 16.8 Å². The van der Waals surface area contributed by atoms with Crippen molar-refractivity contribution in [2.24, 2.45) is 0 Å². The van der Waals surface area contributed by atoms with E-state index in [1.807, 2.05) is 24.3 Å². The van der Waals surface area contributed by atoms with Gasteiger partial charge in [0.2, 0.25) is 0 Å². The molecular weight excluding hydrogens is 217 g/mol. The molecule has 0 aliphatic rings. The Kier molecular flexibility index (Phi) is 3.14. The average Bonchev–Trinajstić information content (AvgIpc) is 2.32. The Hall–Kier alpha value is -2.23. The molecule has 88 valence electrons. The number of rotatable bonds is 3. The third kappa shape index (κ3) is 2.87. The van der Waals surface area contributed by atoms with Gasteiger partial charge in [-0.2, -0.15) is 0 Å². The Morgan fingerprint density at radius 2 is 1.59 bits per heavy atom. The van der Waals surface area contributed by atoms with Crippen LogP contribution in [0.3, 0.4) is 0 Å². The van der Waals surface area contributed by atoms with Gasteiger partial charge in [-0.15, -0.1) is 0 Å². The molecular formula is C13H14FN3. The van der Waals surface area contributed by atoms with Crippen molar-refractivity contribution in [3.05, 3.63) is 53.8 Å². The number of halogens is 1. The van der Waals surface area contributed by atoms with E-state index in [1.54, 1.807) is 6.07 Å². The summed E-state index contributed by atoms with van der Waals surface area (Å²) < 4.78 is 13.4. The van der Waals surface area contributed by atoms with Gasteiger partial charge in [-0.25, -0.2) is 4.39 Å². The fourth-order valence-electron chi connectivity index (χ4n) is 1.51. The SMILES string of the molecule is Nc1ccc(CNc2cc(N)ccc2F)cc1. The van der Waals surface area contributed by atoms with Gasteiger partial charge in [0.25, 0.3) is 0 Å². The summed E-state index contributed by atoms with van der Waals surface area (Å²) in [5, 5.41) is 2.99. The van der Waals surface area contributed by atoms with Crippen molar-refractivity contribution in [3.63, 3.8) is 0 Å². The molecule has 0 atom stereocenters. The van der Waals surface area contributed by atoms with Crippen molar-refractivity contribution < 1.29 is 4.39 Å². The molecule has 0 spiro atoms. The van der Waals surface area contributed by atoms with Gasteiger partial charge >= 0.3 is 0 Å². The molecule has 0 heterocycles. The van der Waals surface area contributed by atoms with Crippen molar-refractivity contribution in [2.45, 2.75) is 6.54 Å². The lowest BCUT2D eigenvalue weighted by atomic mass is 10.2. The molecule has 0 aromatic heterocycles. The highest BCUT2D eigenvalue weighted by Crippen LogP contribution is 2.18. The molecule has 0 aliphatic carbocycles. The smallest absolute Gasteiger partial charge is 0.146 e. The summed E-state index contributed by atoms with van der Waals surface area (Å²) in [6, 6.07) is 11.9. The minimum atomic E-state index is -0.311. The lowest BCUT2D eigenvalue weighted by molar-refractivity contribution is 0.630. The van der Waals surface area contributed by atoms with Crippen LogP contribution in [0.1, 0.15) is 5.56 Å². The van der Waals surface area contributed by atoms with E-state index in [0.717, 1.165) is 5.56 Å². The highest BCUT2D eigenvalue weighted by Gasteiger charge is 2.01. The number of nitrogens with one attached hydrogen (secondary N) is 1. The second-order valence-electron chi connectivity index (χ2n) is 3.83. The Morgan fingerprint density at radius 1 is 0.941 bits per heavy atom. The molecule has 0 bridgehead atoms. The van der Waals surface area contributed by atoms with Crippen LogP contribution < -0.4 is 16.8 Å². The largest absolute Gasteiger partial charge is 0.399 e. The van der Waals surface area contributed by atoms with E-state index in [1.165, 1.54) is 12.1 Å². The molecule has 2 rings (SSSR count). The van der Waals surface area contributed by atoms with Gasteiger partial charge in [-0.1, -0.05) is 12.1 Å². The second-order valence-corrected chi connectivity index (χ2v) is 3.83. The maximum absolute atomic E-state index is 13.4. The Balaban J connectivity index is 2.07. The monoisotopic (exact) mass is 231 g/mol. The van der Waals surface area contributed by atoms with Gasteiger partial charge in [-0.05, 0) is 35.9 Å². The highest BCUT2D eigenvalue weighted by molar-refractivity contribution is 5.55. The topological polar surface area (TPSA) is 64.1 Å². The number of benzene rings is 2. The van der Waals surface area contributed by atoms with Gasteiger partial charge in [0, 0.05) is 17.9 Å². The summed E-state index contributed by atoms with van der Waals surface area (Å²) in [6.07, 6.45) is 0. The van der Waals surface area contributed by atoms with Crippen LogP contribution in [0.2, 0.25) is 0 Å². The molecule has 17 heavy (non-hydrogen) atoms. The molecule has 0 fully saturated rings. The number of anilines is 3. The van der Waals surface area contributed by atoms with Crippen molar-refractivity contribution in [3.8, 4) is 0 Å². The zero-order valence-electron chi connectivity index (χ0n) is 9.28. The van der Waals surface area contributed by atoms with Crippen molar-refractivity contribution in [1.29, 1.82) is 0 Å². The Labute approximate surface area is 99.2 Å². The normalized spacial score (nSPS) is 10.2. The van der Waals surface area contributed by atoms with Crippen LogP contribution in [0.5, 0.6) is 0 Å². The number of nitrogens with two attached hydrogens (primary N) is 2.